The lowest BCUT2D eigenvalue weighted by Crippen LogP contribution is -2.46. The van der Waals surface area contributed by atoms with Crippen LogP contribution in [0.4, 0.5) is 0 Å². The molecule has 0 radical (unpaired) electrons. The Morgan fingerprint density at radius 2 is 1.93 bits per heavy atom. The minimum Gasteiger partial charge on any atom is -0.360 e. The van der Waals surface area contributed by atoms with Crippen molar-refractivity contribution in [1.82, 2.24) is 10.2 Å². The number of hydrogen-bond acceptors (Lipinski definition) is 1. The van der Waals surface area contributed by atoms with Crippen molar-refractivity contribution in [3.63, 3.8) is 0 Å². The third-order valence-corrected chi connectivity index (χ3v) is 3.60. The molecule has 1 fully saturated rings. The van der Waals surface area contributed by atoms with E-state index in [1.165, 1.54) is 19.3 Å². The second-order valence-corrected chi connectivity index (χ2v) is 6.34. The molecule has 1 aliphatic rings. The molecule has 0 spiro atoms. The van der Waals surface area contributed by atoms with Crippen LogP contribution in [-0.2, 0) is 0 Å². The molecule has 2 atom stereocenters. The summed E-state index contributed by atoms with van der Waals surface area (Å²) in [5, 5.41) is 4.33. The van der Waals surface area contributed by atoms with E-state index in [1.54, 1.807) is 0 Å². The average Bonchev–Trinajstić information content (AvgIpc) is 1.99. The molecule has 88 valence electrons. The molecule has 1 aliphatic carbocycles. The van der Waals surface area contributed by atoms with Crippen molar-refractivity contribution in [2.24, 2.45) is 11.3 Å². The topological polar surface area (TPSA) is 15.3 Å². The fourth-order valence-corrected chi connectivity index (χ4v) is 2.93. The van der Waals surface area contributed by atoms with Gasteiger partial charge in [-0.1, -0.05) is 20.8 Å². The van der Waals surface area contributed by atoms with Crippen molar-refractivity contribution < 1.29 is 0 Å². The maximum absolute atomic E-state index is 5.29. The summed E-state index contributed by atoms with van der Waals surface area (Å²) in [4.78, 5) is 1.97. The first-order valence-corrected chi connectivity index (χ1v) is 6.19. The summed E-state index contributed by atoms with van der Waals surface area (Å²) in [6.07, 6.45) is 3.81. The second kappa shape index (κ2) is 4.69. The molecule has 1 rings (SSSR count). The van der Waals surface area contributed by atoms with Crippen molar-refractivity contribution in [3.8, 4) is 0 Å². The Hall–Kier alpha value is -0.310. The highest BCUT2D eigenvalue weighted by Crippen LogP contribution is 2.38. The third kappa shape index (κ3) is 3.98. The van der Waals surface area contributed by atoms with Crippen molar-refractivity contribution >= 4 is 17.3 Å². The standard InChI is InChI=1S/C12H24N2S/c1-9-6-10(8-12(2,3)7-9)13-11(15)14(4)5/h9-10H,6-8H2,1-5H3,(H,13,15)/t9-,10-/m1/s1. The Morgan fingerprint density at radius 3 is 2.40 bits per heavy atom. The molecule has 0 aromatic carbocycles. The van der Waals surface area contributed by atoms with Gasteiger partial charge in [-0.3, -0.25) is 0 Å². The van der Waals surface area contributed by atoms with Crippen LogP contribution in [0.3, 0.4) is 0 Å². The van der Waals surface area contributed by atoms with Crippen LogP contribution in [0, 0.1) is 11.3 Å². The van der Waals surface area contributed by atoms with E-state index >= 15 is 0 Å². The summed E-state index contributed by atoms with van der Waals surface area (Å²) in [7, 11) is 3.99. The largest absolute Gasteiger partial charge is 0.360 e. The first-order valence-electron chi connectivity index (χ1n) is 5.78. The Labute approximate surface area is 99.4 Å². The van der Waals surface area contributed by atoms with Crippen LogP contribution in [0.25, 0.3) is 0 Å². The van der Waals surface area contributed by atoms with Gasteiger partial charge in [-0.05, 0) is 42.8 Å². The molecular formula is C12H24N2S. The zero-order valence-corrected chi connectivity index (χ0v) is 11.4. The van der Waals surface area contributed by atoms with Gasteiger partial charge >= 0.3 is 0 Å². The van der Waals surface area contributed by atoms with E-state index in [2.05, 4.69) is 26.1 Å². The van der Waals surface area contributed by atoms with Crippen LogP contribution in [0.15, 0.2) is 0 Å². The lowest BCUT2D eigenvalue weighted by molar-refractivity contribution is 0.160. The fraction of sp³-hybridized carbons (Fsp3) is 0.917. The number of nitrogens with one attached hydrogen (secondary N) is 1. The molecule has 0 unspecified atom stereocenters. The lowest BCUT2D eigenvalue weighted by atomic mass is 9.71. The zero-order valence-electron chi connectivity index (χ0n) is 10.6. The van der Waals surface area contributed by atoms with E-state index < -0.39 is 0 Å². The predicted octanol–water partition coefficient (Wildman–Crippen LogP) is 2.64. The zero-order chi connectivity index (χ0) is 11.6. The van der Waals surface area contributed by atoms with E-state index in [0.717, 1.165) is 11.0 Å². The van der Waals surface area contributed by atoms with Crippen molar-refractivity contribution in [1.29, 1.82) is 0 Å². The molecule has 1 N–H and O–H groups in total. The van der Waals surface area contributed by atoms with Crippen molar-refractivity contribution in [3.05, 3.63) is 0 Å². The van der Waals surface area contributed by atoms with Gasteiger partial charge in [0.1, 0.15) is 0 Å². The van der Waals surface area contributed by atoms with E-state index in [9.17, 15) is 0 Å². The van der Waals surface area contributed by atoms with Gasteiger partial charge in [0.15, 0.2) is 5.11 Å². The molecule has 3 heteroatoms. The molecule has 0 bridgehead atoms. The van der Waals surface area contributed by atoms with E-state index in [0.29, 0.717) is 11.5 Å². The first kappa shape index (κ1) is 12.8. The van der Waals surface area contributed by atoms with Gasteiger partial charge < -0.3 is 10.2 Å². The Morgan fingerprint density at radius 1 is 1.33 bits per heavy atom. The molecule has 0 amide bonds. The number of hydrogen-bond donors (Lipinski definition) is 1. The Bertz CT molecular complexity index is 236. The molecule has 0 aromatic rings. The normalized spacial score (nSPS) is 29.7. The molecular weight excluding hydrogens is 204 g/mol. The Balaban J connectivity index is 2.52. The molecule has 0 aromatic heterocycles. The smallest absolute Gasteiger partial charge is 0.168 e. The van der Waals surface area contributed by atoms with Gasteiger partial charge in [-0.15, -0.1) is 0 Å². The van der Waals surface area contributed by atoms with Gasteiger partial charge in [0, 0.05) is 20.1 Å². The minimum absolute atomic E-state index is 0.456. The van der Waals surface area contributed by atoms with Gasteiger partial charge in [0.25, 0.3) is 0 Å². The summed E-state index contributed by atoms with van der Waals surface area (Å²) in [5.74, 6) is 0.802. The summed E-state index contributed by atoms with van der Waals surface area (Å²) in [5.41, 5.74) is 0.456. The maximum atomic E-state index is 5.29. The molecule has 0 aliphatic heterocycles. The van der Waals surface area contributed by atoms with Crippen LogP contribution < -0.4 is 5.32 Å². The highest BCUT2D eigenvalue weighted by atomic mass is 32.1. The Kier molecular flexibility index (Phi) is 3.99. The van der Waals surface area contributed by atoms with E-state index in [-0.39, 0.29) is 0 Å². The number of nitrogens with zero attached hydrogens (tertiary/aromatic N) is 1. The second-order valence-electron chi connectivity index (χ2n) is 5.95. The van der Waals surface area contributed by atoms with Crippen molar-refractivity contribution in [2.45, 2.75) is 46.1 Å². The fourth-order valence-electron chi connectivity index (χ4n) is 2.76. The van der Waals surface area contributed by atoms with Gasteiger partial charge in [-0.2, -0.15) is 0 Å². The highest BCUT2D eigenvalue weighted by Gasteiger charge is 2.32. The van der Waals surface area contributed by atoms with Crippen LogP contribution in [-0.4, -0.2) is 30.1 Å². The quantitative estimate of drug-likeness (QED) is 0.695. The van der Waals surface area contributed by atoms with Crippen molar-refractivity contribution in [2.75, 3.05) is 14.1 Å². The van der Waals surface area contributed by atoms with Crippen LogP contribution in [0.2, 0.25) is 0 Å². The number of thiocarbonyl (C=S) groups is 1. The van der Waals surface area contributed by atoms with Crippen LogP contribution >= 0.6 is 12.2 Å². The van der Waals surface area contributed by atoms with Gasteiger partial charge in [-0.25, -0.2) is 0 Å². The average molecular weight is 228 g/mol. The lowest BCUT2D eigenvalue weighted by Gasteiger charge is -2.40. The number of rotatable bonds is 1. The highest BCUT2D eigenvalue weighted by molar-refractivity contribution is 7.80. The predicted molar refractivity (Wildman–Crippen MR) is 70.0 cm³/mol. The molecule has 0 heterocycles. The third-order valence-electron chi connectivity index (χ3n) is 3.12. The SMILES string of the molecule is C[C@@H]1C[C@@H](NC(=S)N(C)C)CC(C)(C)C1. The first-order chi connectivity index (χ1) is 6.80. The maximum Gasteiger partial charge on any atom is 0.168 e. The van der Waals surface area contributed by atoms with Crippen LogP contribution in [0.5, 0.6) is 0 Å². The summed E-state index contributed by atoms with van der Waals surface area (Å²) < 4.78 is 0. The minimum atomic E-state index is 0.456. The molecule has 1 saturated carbocycles. The summed E-state index contributed by atoms with van der Waals surface area (Å²) in [6.45, 7) is 7.06. The van der Waals surface area contributed by atoms with E-state index in [4.69, 9.17) is 12.2 Å². The van der Waals surface area contributed by atoms with E-state index in [1.807, 2.05) is 19.0 Å². The summed E-state index contributed by atoms with van der Waals surface area (Å²) >= 11 is 5.29. The summed E-state index contributed by atoms with van der Waals surface area (Å²) in [6, 6.07) is 0.554. The van der Waals surface area contributed by atoms with Gasteiger partial charge in [0.05, 0.1) is 0 Å². The molecule has 15 heavy (non-hydrogen) atoms. The molecule has 2 nitrogen and oxygen atoms in total. The molecule has 0 saturated heterocycles. The van der Waals surface area contributed by atoms with Crippen LogP contribution in [0.1, 0.15) is 40.0 Å². The van der Waals surface area contributed by atoms with Gasteiger partial charge in [0.2, 0.25) is 0 Å². The monoisotopic (exact) mass is 228 g/mol.